The minimum absolute atomic E-state index is 0.282. The normalized spacial score (nSPS) is 12.2. The number of ketones is 1. The number of carbonyl (C=O) groups excluding carboxylic acids is 1. The first-order valence-corrected chi connectivity index (χ1v) is 7.46. The van der Waals surface area contributed by atoms with E-state index in [2.05, 4.69) is 6.92 Å². The van der Waals surface area contributed by atoms with Gasteiger partial charge in [-0.25, -0.2) is 0 Å². The summed E-state index contributed by atoms with van der Waals surface area (Å²) in [6, 6.07) is 5.97. The van der Waals surface area contributed by atoms with E-state index in [1.807, 2.05) is 25.1 Å². The van der Waals surface area contributed by atoms with E-state index < -0.39 is 0 Å². The van der Waals surface area contributed by atoms with Gasteiger partial charge in [-0.15, -0.1) is 0 Å². The number of ether oxygens (including phenoxy) is 1. The Morgan fingerprint density at radius 3 is 2.70 bits per heavy atom. The van der Waals surface area contributed by atoms with Crippen molar-refractivity contribution >= 4 is 5.78 Å². The Bertz CT molecular complexity index is 429. The molecule has 0 spiro atoms. The van der Waals surface area contributed by atoms with Crippen LogP contribution in [-0.4, -0.2) is 19.4 Å². The van der Waals surface area contributed by atoms with Crippen molar-refractivity contribution in [2.45, 2.75) is 46.0 Å². The zero-order valence-corrected chi connectivity index (χ0v) is 12.9. The van der Waals surface area contributed by atoms with Crippen LogP contribution in [0.2, 0.25) is 0 Å². The van der Waals surface area contributed by atoms with Crippen LogP contribution in [0.25, 0.3) is 0 Å². The van der Waals surface area contributed by atoms with Gasteiger partial charge in [-0.1, -0.05) is 31.0 Å². The molecule has 112 valence electrons. The standard InChI is InChI=1S/C17H27NO2/c1-4-14(9-10-18)6-7-16(19)12-15-11-13(2)5-8-17(15)20-3/h5,8,11,14H,4,6-7,9-10,12,18H2,1-3H3. The fourth-order valence-corrected chi connectivity index (χ4v) is 2.50. The number of rotatable bonds is 9. The van der Waals surface area contributed by atoms with E-state index in [4.69, 9.17) is 10.5 Å². The van der Waals surface area contributed by atoms with E-state index in [9.17, 15) is 4.79 Å². The van der Waals surface area contributed by atoms with Crippen LogP contribution in [0.1, 0.15) is 43.7 Å². The summed E-state index contributed by atoms with van der Waals surface area (Å²) < 4.78 is 5.32. The first-order valence-electron chi connectivity index (χ1n) is 7.46. The van der Waals surface area contributed by atoms with Crippen molar-refractivity contribution in [2.24, 2.45) is 11.7 Å². The molecule has 0 fully saturated rings. The van der Waals surface area contributed by atoms with Crippen LogP contribution in [0.3, 0.4) is 0 Å². The first kappa shape index (κ1) is 16.7. The molecule has 0 bridgehead atoms. The van der Waals surface area contributed by atoms with Crippen LogP contribution in [0.15, 0.2) is 18.2 Å². The van der Waals surface area contributed by atoms with E-state index in [1.54, 1.807) is 7.11 Å². The smallest absolute Gasteiger partial charge is 0.137 e. The van der Waals surface area contributed by atoms with Crippen molar-refractivity contribution in [3.63, 3.8) is 0 Å². The predicted molar refractivity (Wildman–Crippen MR) is 83.1 cm³/mol. The van der Waals surface area contributed by atoms with Crippen LogP contribution in [0.4, 0.5) is 0 Å². The highest BCUT2D eigenvalue weighted by molar-refractivity contribution is 5.81. The van der Waals surface area contributed by atoms with Crippen molar-refractivity contribution in [1.82, 2.24) is 0 Å². The average molecular weight is 277 g/mol. The van der Waals surface area contributed by atoms with E-state index >= 15 is 0 Å². The molecule has 0 radical (unpaired) electrons. The Balaban J connectivity index is 2.55. The molecular weight excluding hydrogens is 250 g/mol. The number of nitrogens with two attached hydrogens (primary N) is 1. The fraction of sp³-hybridized carbons (Fsp3) is 0.588. The SMILES string of the molecule is CCC(CCN)CCC(=O)Cc1cc(C)ccc1OC. The minimum atomic E-state index is 0.282. The van der Waals surface area contributed by atoms with Crippen molar-refractivity contribution < 1.29 is 9.53 Å². The summed E-state index contributed by atoms with van der Waals surface area (Å²) in [6.45, 7) is 4.90. The quantitative estimate of drug-likeness (QED) is 0.753. The molecule has 0 saturated heterocycles. The number of Topliss-reactive ketones (excluding diaryl/α,β-unsaturated/α-hetero) is 1. The van der Waals surface area contributed by atoms with E-state index in [1.165, 1.54) is 0 Å². The monoisotopic (exact) mass is 277 g/mol. The van der Waals surface area contributed by atoms with Crippen molar-refractivity contribution in [3.05, 3.63) is 29.3 Å². The summed E-state index contributed by atoms with van der Waals surface area (Å²) in [6.07, 6.45) is 4.15. The summed E-state index contributed by atoms with van der Waals surface area (Å²) in [5.41, 5.74) is 7.73. The van der Waals surface area contributed by atoms with Crippen LogP contribution < -0.4 is 10.5 Å². The maximum Gasteiger partial charge on any atom is 0.137 e. The van der Waals surface area contributed by atoms with Gasteiger partial charge in [-0.3, -0.25) is 4.79 Å². The van der Waals surface area contributed by atoms with Crippen LogP contribution >= 0.6 is 0 Å². The van der Waals surface area contributed by atoms with Gasteiger partial charge in [0.15, 0.2) is 0 Å². The second kappa shape index (κ2) is 8.75. The molecule has 1 unspecified atom stereocenters. The average Bonchev–Trinajstić information content (AvgIpc) is 2.43. The zero-order valence-electron chi connectivity index (χ0n) is 12.9. The van der Waals surface area contributed by atoms with E-state index in [0.717, 1.165) is 36.1 Å². The van der Waals surface area contributed by atoms with Gasteiger partial charge in [0.25, 0.3) is 0 Å². The number of methoxy groups -OCH3 is 1. The number of hydrogen-bond acceptors (Lipinski definition) is 3. The molecule has 1 aromatic carbocycles. The summed E-state index contributed by atoms with van der Waals surface area (Å²) in [7, 11) is 1.65. The highest BCUT2D eigenvalue weighted by Gasteiger charge is 2.12. The first-order chi connectivity index (χ1) is 9.60. The van der Waals surface area contributed by atoms with Gasteiger partial charge in [0.05, 0.1) is 7.11 Å². The van der Waals surface area contributed by atoms with Gasteiger partial charge >= 0.3 is 0 Å². The van der Waals surface area contributed by atoms with Gasteiger partial charge in [0.1, 0.15) is 11.5 Å². The van der Waals surface area contributed by atoms with Gasteiger partial charge in [0.2, 0.25) is 0 Å². The minimum Gasteiger partial charge on any atom is -0.496 e. The molecule has 1 atom stereocenters. The van der Waals surface area contributed by atoms with E-state index in [-0.39, 0.29) is 5.78 Å². The second-order valence-electron chi connectivity index (χ2n) is 5.42. The predicted octanol–water partition coefficient (Wildman–Crippen LogP) is 3.27. The molecule has 0 aliphatic carbocycles. The fourth-order valence-electron chi connectivity index (χ4n) is 2.50. The van der Waals surface area contributed by atoms with Crippen molar-refractivity contribution in [3.8, 4) is 5.75 Å². The van der Waals surface area contributed by atoms with Crippen LogP contribution in [0.5, 0.6) is 5.75 Å². The Morgan fingerprint density at radius 1 is 1.35 bits per heavy atom. The lowest BCUT2D eigenvalue weighted by Crippen LogP contribution is -2.11. The third-order valence-electron chi connectivity index (χ3n) is 3.81. The third-order valence-corrected chi connectivity index (χ3v) is 3.81. The number of carbonyl (C=O) groups is 1. The highest BCUT2D eigenvalue weighted by atomic mass is 16.5. The molecule has 2 N–H and O–H groups in total. The topological polar surface area (TPSA) is 52.3 Å². The van der Waals surface area contributed by atoms with Crippen molar-refractivity contribution in [2.75, 3.05) is 13.7 Å². The van der Waals surface area contributed by atoms with Gasteiger partial charge in [0, 0.05) is 18.4 Å². The lowest BCUT2D eigenvalue weighted by atomic mass is 9.93. The molecule has 1 rings (SSSR count). The van der Waals surface area contributed by atoms with Gasteiger partial charge in [-0.05, 0) is 38.3 Å². The van der Waals surface area contributed by atoms with Crippen molar-refractivity contribution in [1.29, 1.82) is 0 Å². The number of hydrogen-bond donors (Lipinski definition) is 1. The number of aryl methyl sites for hydroxylation is 1. The summed E-state index contributed by atoms with van der Waals surface area (Å²) in [4.78, 5) is 12.1. The molecule has 0 aliphatic heterocycles. The lowest BCUT2D eigenvalue weighted by molar-refractivity contribution is -0.118. The maximum atomic E-state index is 12.1. The molecule has 20 heavy (non-hydrogen) atoms. The summed E-state index contributed by atoms with van der Waals surface area (Å²) >= 11 is 0. The molecular formula is C17H27NO2. The molecule has 0 amide bonds. The molecule has 0 heterocycles. The molecule has 0 aliphatic rings. The Hall–Kier alpha value is -1.35. The largest absolute Gasteiger partial charge is 0.496 e. The zero-order chi connectivity index (χ0) is 15.0. The number of benzene rings is 1. The van der Waals surface area contributed by atoms with Gasteiger partial charge in [-0.2, -0.15) is 0 Å². The highest BCUT2D eigenvalue weighted by Crippen LogP contribution is 2.22. The van der Waals surface area contributed by atoms with Crippen LogP contribution in [0, 0.1) is 12.8 Å². The van der Waals surface area contributed by atoms with Crippen LogP contribution in [-0.2, 0) is 11.2 Å². The Labute approximate surface area is 122 Å². The summed E-state index contributed by atoms with van der Waals surface area (Å²) in [5, 5.41) is 0. The molecule has 3 nitrogen and oxygen atoms in total. The molecule has 0 aromatic heterocycles. The lowest BCUT2D eigenvalue weighted by Gasteiger charge is -2.13. The van der Waals surface area contributed by atoms with Gasteiger partial charge < -0.3 is 10.5 Å². The summed E-state index contributed by atoms with van der Waals surface area (Å²) in [5.74, 6) is 1.66. The maximum absolute atomic E-state index is 12.1. The Morgan fingerprint density at radius 2 is 2.10 bits per heavy atom. The molecule has 1 aromatic rings. The third kappa shape index (κ3) is 5.33. The van der Waals surface area contributed by atoms with E-state index in [0.29, 0.717) is 25.3 Å². The Kier molecular flexibility index (Phi) is 7.31. The molecule has 3 heteroatoms. The second-order valence-corrected chi connectivity index (χ2v) is 5.42. The molecule has 0 saturated carbocycles.